The fourth-order valence-corrected chi connectivity index (χ4v) is 3.41. The molecule has 7 nitrogen and oxygen atoms in total. The smallest absolute Gasteiger partial charge is 0.350 e. The number of benzene rings is 1. The molecule has 24 heavy (non-hydrogen) atoms. The van der Waals surface area contributed by atoms with Crippen LogP contribution in [0.3, 0.4) is 0 Å². The molecule has 0 spiro atoms. The van der Waals surface area contributed by atoms with Crippen molar-refractivity contribution in [1.29, 1.82) is 0 Å². The topological polar surface area (TPSA) is 88.6 Å². The average Bonchev–Trinajstić information content (AvgIpc) is 3.07. The number of amides is 2. The predicted octanol–water partition coefficient (Wildman–Crippen LogP) is 1.83. The summed E-state index contributed by atoms with van der Waals surface area (Å²) >= 11 is 1.05. The van der Waals surface area contributed by atoms with Crippen LogP contribution in [0.1, 0.15) is 31.3 Å². The Labute approximate surface area is 142 Å². The molecule has 2 amide bonds. The first kappa shape index (κ1) is 16.1. The highest BCUT2D eigenvalue weighted by Crippen LogP contribution is 2.24. The van der Waals surface area contributed by atoms with Gasteiger partial charge >= 0.3 is 5.97 Å². The number of nitrogens with zero attached hydrogens (tertiary/aromatic N) is 2. The summed E-state index contributed by atoms with van der Waals surface area (Å²) in [6.45, 7) is 2.01. The van der Waals surface area contributed by atoms with E-state index in [4.69, 9.17) is 0 Å². The summed E-state index contributed by atoms with van der Waals surface area (Å²) in [4.78, 5) is 41.9. The molecular weight excluding hydrogens is 330 g/mol. The molecule has 1 N–H and O–H groups in total. The Morgan fingerprint density at radius 3 is 2.83 bits per heavy atom. The van der Waals surface area contributed by atoms with Gasteiger partial charge in [0, 0.05) is 12.1 Å². The van der Waals surface area contributed by atoms with Crippen molar-refractivity contribution in [3.05, 3.63) is 46.0 Å². The molecular formula is C16H15N3O4S. The van der Waals surface area contributed by atoms with Gasteiger partial charge in [-0.05, 0) is 18.6 Å². The van der Waals surface area contributed by atoms with Gasteiger partial charge in [-0.3, -0.25) is 9.59 Å². The highest BCUT2D eigenvalue weighted by atomic mass is 32.1. The SMILES string of the molecule is COC(=O)c1sc(NC(=O)CN2Cc3ccccc3C2=O)nc1C. The Kier molecular flexibility index (Phi) is 4.30. The molecule has 0 atom stereocenters. The number of hydrogen-bond acceptors (Lipinski definition) is 6. The van der Waals surface area contributed by atoms with Gasteiger partial charge in [-0.15, -0.1) is 0 Å². The number of carbonyl (C=O) groups is 3. The first-order valence-electron chi connectivity index (χ1n) is 7.22. The maximum Gasteiger partial charge on any atom is 0.350 e. The van der Waals surface area contributed by atoms with E-state index in [1.54, 1.807) is 19.1 Å². The Morgan fingerprint density at radius 1 is 1.38 bits per heavy atom. The molecule has 1 aromatic carbocycles. The predicted molar refractivity (Wildman–Crippen MR) is 88.0 cm³/mol. The molecule has 2 aromatic rings. The van der Waals surface area contributed by atoms with Crippen LogP contribution in [0.25, 0.3) is 0 Å². The molecule has 0 saturated carbocycles. The Morgan fingerprint density at radius 2 is 2.12 bits per heavy atom. The summed E-state index contributed by atoms with van der Waals surface area (Å²) in [7, 11) is 1.29. The van der Waals surface area contributed by atoms with E-state index in [1.807, 2.05) is 12.1 Å². The highest BCUT2D eigenvalue weighted by molar-refractivity contribution is 7.17. The molecule has 1 aromatic heterocycles. The van der Waals surface area contributed by atoms with Gasteiger partial charge in [0.1, 0.15) is 11.4 Å². The Hall–Kier alpha value is -2.74. The second kappa shape index (κ2) is 6.40. The normalized spacial score (nSPS) is 12.9. The molecule has 8 heteroatoms. The lowest BCUT2D eigenvalue weighted by atomic mass is 10.1. The molecule has 2 heterocycles. The van der Waals surface area contributed by atoms with Gasteiger partial charge in [0.05, 0.1) is 12.8 Å². The quantitative estimate of drug-likeness (QED) is 0.854. The van der Waals surface area contributed by atoms with Gasteiger partial charge in [-0.2, -0.15) is 0 Å². The van der Waals surface area contributed by atoms with Crippen LogP contribution in [-0.2, 0) is 16.1 Å². The number of carbonyl (C=O) groups excluding carboxylic acids is 3. The molecule has 124 valence electrons. The molecule has 0 unspecified atom stereocenters. The van der Waals surface area contributed by atoms with E-state index in [0.717, 1.165) is 16.9 Å². The second-order valence-electron chi connectivity index (χ2n) is 5.29. The van der Waals surface area contributed by atoms with Crippen LogP contribution in [0.15, 0.2) is 24.3 Å². The van der Waals surface area contributed by atoms with Crippen LogP contribution in [0.2, 0.25) is 0 Å². The molecule has 0 saturated heterocycles. The van der Waals surface area contributed by atoms with Crippen LogP contribution in [-0.4, -0.2) is 41.3 Å². The van der Waals surface area contributed by atoms with Gasteiger partial charge in [-0.25, -0.2) is 9.78 Å². The van der Waals surface area contributed by atoms with Crippen molar-refractivity contribution in [3.8, 4) is 0 Å². The number of aromatic nitrogens is 1. The van der Waals surface area contributed by atoms with E-state index in [1.165, 1.54) is 12.0 Å². The molecule has 0 bridgehead atoms. The van der Waals surface area contributed by atoms with Crippen LogP contribution in [0.4, 0.5) is 5.13 Å². The zero-order valence-corrected chi connectivity index (χ0v) is 14.0. The first-order valence-corrected chi connectivity index (χ1v) is 8.04. The van der Waals surface area contributed by atoms with Crippen molar-refractivity contribution < 1.29 is 19.1 Å². The number of rotatable bonds is 4. The number of fused-ring (bicyclic) bond motifs is 1. The largest absolute Gasteiger partial charge is 0.465 e. The Balaban J connectivity index is 1.65. The number of esters is 1. The molecule has 3 rings (SSSR count). The fourth-order valence-electron chi connectivity index (χ4n) is 2.51. The van der Waals surface area contributed by atoms with Crippen LogP contribution < -0.4 is 5.32 Å². The van der Waals surface area contributed by atoms with E-state index in [-0.39, 0.29) is 18.4 Å². The number of aryl methyl sites for hydroxylation is 1. The molecule has 0 fully saturated rings. The number of anilines is 1. The minimum absolute atomic E-state index is 0.0697. The fraction of sp³-hybridized carbons (Fsp3) is 0.250. The summed E-state index contributed by atoms with van der Waals surface area (Å²) in [5, 5.41) is 2.93. The minimum Gasteiger partial charge on any atom is -0.465 e. The van der Waals surface area contributed by atoms with Gasteiger partial charge in [0.2, 0.25) is 5.91 Å². The third kappa shape index (κ3) is 3.00. The van der Waals surface area contributed by atoms with Crippen LogP contribution >= 0.6 is 11.3 Å². The number of thiazole rings is 1. The second-order valence-corrected chi connectivity index (χ2v) is 6.29. The Bertz CT molecular complexity index is 830. The van der Waals surface area contributed by atoms with E-state index >= 15 is 0 Å². The van der Waals surface area contributed by atoms with Crippen molar-refractivity contribution in [1.82, 2.24) is 9.88 Å². The first-order chi connectivity index (χ1) is 11.5. The standard InChI is InChI=1S/C16H15N3O4S/c1-9-13(15(22)23-2)24-16(17-9)18-12(20)8-19-7-10-5-3-4-6-11(10)14(19)21/h3-6H,7-8H2,1-2H3,(H,17,18,20). The lowest BCUT2D eigenvalue weighted by Crippen LogP contribution is -2.33. The summed E-state index contributed by atoms with van der Waals surface area (Å²) < 4.78 is 4.66. The average molecular weight is 345 g/mol. The lowest BCUT2D eigenvalue weighted by molar-refractivity contribution is -0.116. The minimum atomic E-state index is -0.490. The molecule has 1 aliphatic rings. The zero-order valence-electron chi connectivity index (χ0n) is 13.2. The molecule has 0 radical (unpaired) electrons. The van der Waals surface area contributed by atoms with Crippen molar-refractivity contribution in [2.45, 2.75) is 13.5 Å². The lowest BCUT2D eigenvalue weighted by Gasteiger charge is -2.14. The van der Waals surface area contributed by atoms with Crippen molar-refractivity contribution in [2.75, 3.05) is 19.0 Å². The van der Waals surface area contributed by atoms with E-state index in [2.05, 4.69) is 15.0 Å². The van der Waals surface area contributed by atoms with E-state index in [9.17, 15) is 14.4 Å². The van der Waals surface area contributed by atoms with E-state index in [0.29, 0.717) is 27.8 Å². The number of methoxy groups -OCH3 is 1. The number of hydrogen-bond donors (Lipinski definition) is 1. The summed E-state index contributed by atoms with van der Waals surface area (Å²) in [5.74, 6) is -1.01. The zero-order chi connectivity index (χ0) is 17.3. The van der Waals surface area contributed by atoms with Gasteiger partial charge < -0.3 is 15.0 Å². The maximum atomic E-state index is 12.2. The van der Waals surface area contributed by atoms with E-state index < -0.39 is 5.97 Å². The summed E-state index contributed by atoms with van der Waals surface area (Å²) in [6.07, 6.45) is 0. The summed E-state index contributed by atoms with van der Waals surface area (Å²) in [6, 6.07) is 7.29. The monoisotopic (exact) mass is 345 g/mol. The van der Waals surface area contributed by atoms with Crippen molar-refractivity contribution in [2.24, 2.45) is 0 Å². The van der Waals surface area contributed by atoms with Gasteiger partial charge in [0.25, 0.3) is 5.91 Å². The third-order valence-corrected chi connectivity index (χ3v) is 4.70. The molecule has 0 aliphatic carbocycles. The van der Waals surface area contributed by atoms with Crippen LogP contribution in [0, 0.1) is 6.92 Å². The molecule has 1 aliphatic heterocycles. The van der Waals surface area contributed by atoms with Crippen LogP contribution in [0.5, 0.6) is 0 Å². The number of nitrogens with one attached hydrogen (secondary N) is 1. The van der Waals surface area contributed by atoms with Gasteiger partial charge in [0.15, 0.2) is 5.13 Å². The summed E-state index contributed by atoms with van der Waals surface area (Å²) in [5.41, 5.74) is 2.03. The highest BCUT2D eigenvalue weighted by Gasteiger charge is 2.28. The maximum absolute atomic E-state index is 12.2. The third-order valence-electron chi connectivity index (χ3n) is 3.64. The van der Waals surface area contributed by atoms with Crippen molar-refractivity contribution >= 4 is 34.3 Å². The van der Waals surface area contributed by atoms with Gasteiger partial charge in [-0.1, -0.05) is 29.5 Å². The van der Waals surface area contributed by atoms with Crippen molar-refractivity contribution in [3.63, 3.8) is 0 Å². The number of ether oxygens (including phenoxy) is 1.